The molecule has 1 fully saturated rings. The van der Waals surface area contributed by atoms with Crippen LogP contribution in [0.3, 0.4) is 0 Å². The molecule has 82 valence electrons. The van der Waals surface area contributed by atoms with Gasteiger partial charge in [0.25, 0.3) is 0 Å². The molecule has 1 aliphatic heterocycles. The monoisotopic (exact) mass is 221 g/mol. The lowest BCUT2D eigenvalue weighted by molar-refractivity contribution is -0.147. The third-order valence-corrected chi connectivity index (χ3v) is 3.89. The smallest absolute Gasteiger partial charge is 0.311 e. The van der Waals surface area contributed by atoms with Crippen LogP contribution in [0, 0.1) is 5.92 Å². The van der Waals surface area contributed by atoms with Crippen molar-refractivity contribution >= 4 is 15.8 Å². The van der Waals surface area contributed by atoms with Gasteiger partial charge in [-0.15, -0.1) is 0 Å². The van der Waals surface area contributed by atoms with E-state index in [9.17, 15) is 13.2 Å². The molecule has 1 rings (SSSR count). The van der Waals surface area contributed by atoms with Crippen molar-refractivity contribution < 1.29 is 17.9 Å². The highest BCUT2D eigenvalue weighted by molar-refractivity contribution is 7.91. The lowest BCUT2D eigenvalue weighted by atomic mass is 10.1. The predicted molar refractivity (Wildman–Crippen MR) is 51.6 cm³/mol. The number of hydrogen-bond donors (Lipinski definition) is 1. The zero-order valence-electron chi connectivity index (χ0n) is 8.32. The summed E-state index contributed by atoms with van der Waals surface area (Å²) in [6.45, 7) is 2.71. The first-order valence-electron chi connectivity index (χ1n) is 4.53. The van der Waals surface area contributed by atoms with Gasteiger partial charge in [-0.3, -0.25) is 4.79 Å². The Hall–Kier alpha value is -0.620. The number of hydrogen-bond acceptors (Lipinski definition) is 5. The second kappa shape index (κ2) is 4.27. The Kier molecular flexibility index (Phi) is 3.49. The summed E-state index contributed by atoms with van der Waals surface area (Å²) in [5.74, 6) is -0.974. The molecule has 0 aromatic carbocycles. The van der Waals surface area contributed by atoms with Gasteiger partial charge < -0.3 is 10.1 Å². The van der Waals surface area contributed by atoms with Gasteiger partial charge in [0.05, 0.1) is 17.8 Å². The first-order chi connectivity index (χ1) is 6.46. The van der Waals surface area contributed by atoms with Crippen molar-refractivity contribution in [1.82, 2.24) is 5.32 Å². The molecule has 0 amide bonds. The Labute approximate surface area is 83.7 Å². The molecule has 1 saturated heterocycles. The topological polar surface area (TPSA) is 72.5 Å². The highest BCUT2D eigenvalue weighted by atomic mass is 32.2. The molecule has 6 heteroatoms. The fraction of sp³-hybridized carbons (Fsp3) is 0.875. The van der Waals surface area contributed by atoms with Crippen LogP contribution in [0.5, 0.6) is 0 Å². The molecule has 2 unspecified atom stereocenters. The van der Waals surface area contributed by atoms with E-state index in [1.165, 1.54) is 0 Å². The van der Waals surface area contributed by atoms with Crippen LogP contribution in [0.1, 0.15) is 6.92 Å². The molecule has 2 atom stereocenters. The Balaban J connectivity index is 2.74. The molecule has 0 saturated carbocycles. The van der Waals surface area contributed by atoms with Gasteiger partial charge in [0.15, 0.2) is 9.84 Å². The molecule has 0 aliphatic carbocycles. The number of ether oxygens (including phenoxy) is 1. The summed E-state index contributed by atoms with van der Waals surface area (Å²) in [5.41, 5.74) is 0. The molecule has 0 radical (unpaired) electrons. The summed E-state index contributed by atoms with van der Waals surface area (Å²) >= 11 is 0. The van der Waals surface area contributed by atoms with Crippen LogP contribution in [-0.2, 0) is 19.4 Å². The number of carbonyl (C=O) groups excluding carboxylic acids is 1. The van der Waals surface area contributed by atoms with E-state index in [0.717, 1.165) is 6.26 Å². The largest absolute Gasteiger partial charge is 0.466 e. The van der Waals surface area contributed by atoms with E-state index in [0.29, 0.717) is 13.1 Å². The Morgan fingerprint density at radius 2 is 2.14 bits per heavy atom. The van der Waals surface area contributed by atoms with Crippen LogP contribution in [0.15, 0.2) is 0 Å². The van der Waals surface area contributed by atoms with Crippen molar-refractivity contribution in [2.75, 3.05) is 26.0 Å². The molecule has 0 aromatic rings. The van der Waals surface area contributed by atoms with Crippen LogP contribution in [0.25, 0.3) is 0 Å². The summed E-state index contributed by atoms with van der Waals surface area (Å²) in [6, 6.07) is 0. The number of sulfone groups is 1. The molecule has 0 aromatic heterocycles. The molecular weight excluding hydrogens is 206 g/mol. The van der Waals surface area contributed by atoms with E-state index >= 15 is 0 Å². The summed E-state index contributed by atoms with van der Waals surface area (Å²) in [6.07, 6.45) is 1.15. The third-order valence-electron chi connectivity index (χ3n) is 2.30. The first kappa shape index (κ1) is 11.5. The van der Waals surface area contributed by atoms with Crippen LogP contribution in [0.2, 0.25) is 0 Å². The standard InChI is InChI=1S/C8H15NO4S/c1-3-13-8(10)6-4-9-5-7(6)14(2,11)12/h6-7,9H,3-5H2,1-2H3. The van der Waals surface area contributed by atoms with Crippen molar-refractivity contribution in [3.63, 3.8) is 0 Å². The van der Waals surface area contributed by atoms with Crippen molar-refractivity contribution in [2.45, 2.75) is 12.2 Å². The lowest BCUT2D eigenvalue weighted by Crippen LogP contribution is -2.34. The fourth-order valence-corrected chi connectivity index (χ4v) is 2.81. The minimum Gasteiger partial charge on any atom is -0.466 e. The van der Waals surface area contributed by atoms with Gasteiger partial charge in [-0.05, 0) is 6.92 Å². The highest BCUT2D eigenvalue weighted by Gasteiger charge is 2.40. The molecule has 0 bridgehead atoms. The maximum Gasteiger partial charge on any atom is 0.311 e. The summed E-state index contributed by atoms with van der Waals surface area (Å²) in [7, 11) is -3.18. The highest BCUT2D eigenvalue weighted by Crippen LogP contribution is 2.18. The second-order valence-electron chi connectivity index (χ2n) is 3.38. The van der Waals surface area contributed by atoms with Gasteiger partial charge in [0.2, 0.25) is 0 Å². The predicted octanol–water partition coefficient (Wildman–Crippen LogP) is -0.818. The van der Waals surface area contributed by atoms with E-state index in [1.807, 2.05) is 0 Å². The van der Waals surface area contributed by atoms with Crippen LogP contribution in [-0.4, -0.2) is 45.6 Å². The van der Waals surface area contributed by atoms with Gasteiger partial charge in [-0.25, -0.2) is 8.42 Å². The quantitative estimate of drug-likeness (QED) is 0.630. The average molecular weight is 221 g/mol. The van der Waals surface area contributed by atoms with E-state index in [2.05, 4.69) is 5.32 Å². The maximum absolute atomic E-state index is 11.4. The van der Waals surface area contributed by atoms with Gasteiger partial charge >= 0.3 is 5.97 Å². The molecule has 1 heterocycles. The summed E-state index contributed by atoms with van der Waals surface area (Å²) in [5, 5.41) is 2.25. The third kappa shape index (κ3) is 2.45. The first-order valence-corrected chi connectivity index (χ1v) is 6.48. The number of nitrogens with one attached hydrogen (secondary N) is 1. The summed E-state index contributed by atoms with van der Waals surface area (Å²) < 4.78 is 27.4. The molecule has 14 heavy (non-hydrogen) atoms. The minimum atomic E-state index is -3.18. The second-order valence-corrected chi connectivity index (χ2v) is 5.65. The van der Waals surface area contributed by atoms with Gasteiger partial charge in [-0.2, -0.15) is 0 Å². The minimum absolute atomic E-state index is 0.284. The molecule has 1 N–H and O–H groups in total. The molecule has 1 aliphatic rings. The fourth-order valence-electron chi connectivity index (χ4n) is 1.59. The van der Waals surface area contributed by atoms with E-state index in [1.54, 1.807) is 6.92 Å². The van der Waals surface area contributed by atoms with Gasteiger partial charge in [0.1, 0.15) is 0 Å². The zero-order chi connectivity index (χ0) is 10.8. The molecular formula is C8H15NO4S. The Morgan fingerprint density at radius 1 is 1.50 bits per heavy atom. The Bertz CT molecular complexity index is 311. The van der Waals surface area contributed by atoms with Gasteiger partial charge in [0, 0.05) is 19.3 Å². The number of esters is 1. The van der Waals surface area contributed by atoms with E-state index in [4.69, 9.17) is 4.74 Å². The maximum atomic E-state index is 11.4. The molecule has 5 nitrogen and oxygen atoms in total. The van der Waals surface area contributed by atoms with E-state index in [-0.39, 0.29) is 6.61 Å². The van der Waals surface area contributed by atoms with Crippen LogP contribution < -0.4 is 5.32 Å². The van der Waals surface area contributed by atoms with Crippen molar-refractivity contribution in [2.24, 2.45) is 5.92 Å². The molecule has 0 spiro atoms. The zero-order valence-corrected chi connectivity index (χ0v) is 9.13. The van der Waals surface area contributed by atoms with E-state index < -0.39 is 27.0 Å². The Morgan fingerprint density at radius 3 is 2.64 bits per heavy atom. The number of rotatable bonds is 3. The SMILES string of the molecule is CCOC(=O)C1CNCC1S(C)(=O)=O. The van der Waals surface area contributed by atoms with Gasteiger partial charge in [-0.1, -0.05) is 0 Å². The number of carbonyl (C=O) groups is 1. The normalized spacial score (nSPS) is 27.6. The van der Waals surface area contributed by atoms with Crippen molar-refractivity contribution in [1.29, 1.82) is 0 Å². The van der Waals surface area contributed by atoms with Crippen LogP contribution in [0.4, 0.5) is 0 Å². The van der Waals surface area contributed by atoms with Crippen molar-refractivity contribution in [3.05, 3.63) is 0 Å². The summed E-state index contributed by atoms with van der Waals surface area (Å²) in [4.78, 5) is 11.4. The average Bonchev–Trinajstić information content (AvgIpc) is 2.50. The van der Waals surface area contributed by atoms with Crippen molar-refractivity contribution in [3.8, 4) is 0 Å². The van der Waals surface area contributed by atoms with Crippen LogP contribution >= 0.6 is 0 Å². The lowest BCUT2D eigenvalue weighted by Gasteiger charge is -2.14.